The summed E-state index contributed by atoms with van der Waals surface area (Å²) in [5.74, 6) is 1.03. The predicted octanol–water partition coefficient (Wildman–Crippen LogP) is 1.63. The van der Waals surface area contributed by atoms with Gasteiger partial charge in [-0.3, -0.25) is 10.1 Å². The van der Waals surface area contributed by atoms with Gasteiger partial charge >= 0.3 is 0 Å². The van der Waals surface area contributed by atoms with Crippen molar-refractivity contribution in [1.82, 2.24) is 10.2 Å². The van der Waals surface area contributed by atoms with E-state index in [9.17, 15) is 5.11 Å². The predicted molar refractivity (Wildman–Crippen MR) is 83.2 cm³/mol. The molecule has 0 bridgehead atoms. The highest BCUT2D eigenvalue weighted by Gasteiger charge is 2.09. The molecule has 1 aromatic carbocycles. The number of H-pyrrole nitrogens is 1. The molecule has 0 unspecified atom stereocenters. The van der Waals surface area contributed by atoms with Crippen LogP contribution in [-0.2, 0) is 6.42 Å². The number of aliphatic imine (C=N–C) groups is 1. The van der Waals surface area contributed by atoms with Gasteiger partial charge in [0, 0.05) is 18.3 Å². The molecular weight excluding hydrogens is 282 g/mol. The van der Waals surface area contributed by atoms with Crippen LogP contribution < -0.4 is 10.5 Å². The smallest absolute Gasteiger partial charge is 0.163 e. The number of nitrogen functional groups attached to an aromatic ring is 1. The zero-order valence-corrected chi connectivity index (χ0v) is 12.2. The van der Waals surface area contributed by atoms with Crippen LogP contribution in [0.15, 0.2) is 23.2 Å². The van der Waals surface area contributed by atoms with Gasteiger partial charge in [0.2, 0.25) is 0 Å². The molecule has 0 atom stereocenters. The molecule has 7 heteroatoms. The molecule has 0 amide bonds. The summed E-state index contributed by atoms with van der Waals surface area (Å²) in [5, 5.41) is 25.2. The van der Waals surface area contributed by atoms with Crippen LogP contribution in [0.25, 0.3) is 0 Å². The van der Waals surface area contributed by atoms with Gasteiger partial charge < -0.3 is 15.6 Å². The van der Waals surface area contributed by atoms with Gasteiger partial charge in [0.15, 0.2) is 5.82 Å². The van der Waals surface area contributed by atoms with Crippen LogP contribution in [0, 0.1) is 11.3 Å². The fraction of sp³-hybridized carbons (Fsp3) is 0.267. The van der Waals surface area contributed by atoms with Crippen molar-refractivity contribution in [3.8, 4) is 17.6 Å². The Morgan fingerprint density at radius 2 is 2.36 bits per heavy atom. The van der Waals surface area contributed by atoms with E-state index >= 15 is 0 Å². The molecule has 0 aliphatic carbocycles. The number of ether oxygens (including phenoxy) is 1. The number of aromatic hydroxyl groups is 1. The number of hydrogen-bond donors (Lipinski definition) is 3. The molecule has 2 aromatic rings. The van der Waals surface area contributed by atoms with Crippen molar-refractivity contribution in [3.05, 3.63) is 35.0 Å². The fourth-order valence-electron chi connectivity index (χ4n) is 1.97. The number of nitrogens with two attached hydrogens (primary N) is 1. The van der Waals surface area contributed by atoms with E-state index in [0.29, 0.717) is 29.8 Å². The lowest BCUT2D eigenvalue weighted by Crippen LogP contribution is -1.94. The minimum atomic E-state index is 0.151. The Kier molecular flexibility index (Phi) is 4.98. The number of benzene rings is 1. The van der Waals surface area contributed by atoms with Crippen molar-refractivity contribution >= 4 is 12.0 Å². The van der Waals surface area contributed by atoms with Crippen LogP contribution in [0.2, 0.25) is 0 Å². The third kappa shape index (κ3) is 3.55. The normalized spacial score (nSPS) is 10.7. The molecule has 0 saturated carbocycles. The first-order valence-electron chi connectivity index (χ1n) is 6.75. The topological polar surface area (TPSA) is 120 Å². The van der Waals surface area contributed by atoms with E-state index in [1.54, 1.807) is 31.5 Å². The summed E-state index contributed by atoms with van der Waals surface area (Å²) in [4.78, 5) is 4.27. The fourth-order valence-corrected chi connectivity index (χ4v) is 1.97. The summed E-state index contributed by atoms with van der Waals surface area (Å²) in [7, 11) is 1.57. The van der Waals surface area contributed by atoms with E-state index in [2.05, 4.69) is 15.2 Å². The van der Waals surface area contributed by atoms with Gasteiger partial charge in [0.1, 0.15) is 23.1 Å². The second kappa shape index (κ2) is 7.13. The molecule has 22 heavy (non-hydrogen) atoms. The highest BCUT2D eigenvalue weighted by molar-refractivity contribution is 5.84. The second-order valence-electron chi connectivity index (χ2n) is 4.64. The quantitative estimate of drug-likeness (QED) is 0.553. The van der Waals surface area contributed by atoms with Crippen molar-refractivity contribution in [3.63, 3.8) is 0 Å². The summed E-state index contributed by atoms with van der Waals surface area (Å²) in [5.41, 5.74) is 7.29. The van der Waals surface area contributed by atoms with Crippen LogP contribution in [0.1, 0.15) is 23.2 Å². The largest absolute Gasteiger partial charge is 0.507 e. The molecule has 4 N–H and O–H groups in total. The number of anilines is 1. The Morgan fingerprint density at radius 3 is 3.09 bits per heavy atom. The maximum atomic E-state index is 9.73. The number of methoxy groups -OCH3 is 1. The number of aryl methyl sites for hydroxylation is 1. The number of nitrogens with one attached hydrogen (secondary N) is 1. The van der Waals surface area contributed by atoms with Crippen molar-refractivity contribution in [2.45, 2.75) is 12.8 Å². The minimum absolute atomic E-state index is 0.151. The summed E-state index contributed by atoms with van der Waals surface area (Å²) >= 11 is 0. The molecule has 114 valence electrons. The summed E-state index contributed by atoms with van der Waals surface area (Å²) in [6.07, 6.45) is 2.97. The van der Waals surface area contributed by atoms with Gasteiger partial charge in [0.25, 0.3) is 0 Å². The van der Waals surface area contributed by atoms with Crippen LogP contribution >= 0.6 is 0 Å². The van der Waals surface area contributed by atoms with E-state index in [0.717, 1.165) is 12.1 Å². The van der Waals surface area contributed by atoms with Gasteiger partial charge in [-0.1, -0.05) is 0 Å². The number of hydrogen-bond acceptors (Lipinski definition) is 6. The number of nitriles is 1. The second-order valence-corrected chi connectivity index (χ2v) is 4.64. The molecule has 1 aromatic heterocycles. The SMILES string of the molecule is COc1ccc(O)c(C=NCCCc2[nH]nc(N)c2C#N)c1. The van der Waals surface area contributed by atoms with E-state index in [1.165, 1.54) is 0 Å². The van der Waals surface area contributed by atoms with Crippen LogP contribution in [0.5, 0.6) is 11.5 Å². The Balaban J connectivity index is 1.90. The van der Waals surface area contributed by atoms with Crippen molar-refractivity contribution in [2.75, 3.05) is 19.4 Å². The maximum Gasteiger partial charge on any atom is 0.163 e. The molecule has 1 heterocycles. The molecule has 2 rings (SSSR count). The third-order valence-electron chi connectivity index (χ3n) is 3.16. The lowest BCUT2D eigenvalue weighted by molar-refractivity contribution is 0.412. The average molecular weight is 299 g/mol. The Morgan fingerprint density at radius 1 is 1.55 bits per heavy atom. The van der Waals surface area contributed by atoms with Gasteiger partial charge in [-0.15, -0.1) is 0 Å². The molecule has 7 nitrogen and oxygen atoms in total. The zero-order valence-electron chi connectivity index (χ0n) is 12.2. The molecule has 0 aliphatic rings. The van der Waals surface area contributed by atoms with Crippen LogP contribution in [0.3, 0.4) is 0 Å². The molecular formula is C15H17N5O2. The number of rotatable bonds is 6. The van der Waals surface area contributed by atoms with Gasteiger partial charge in [-0.2, -0.15) is 10.4 Å². The monoisotopic (exact) mass is 299 g/mol. The van der Waals surface area contributed by atoms with Crippen molar-refractivity contribution < 1.29 is 9.84 Å². The lowest BCUT2D eigenvalue weighted by atomic mass is 10.1. The number of nitrogens with zero attached hydrogens (tertiary/aromatic N) is 3. The molecule has 0 spiro atoms. The number of phenols is 1. The highest BCUT2D eigenvalue weighted by atomic mass is 16.5. The summed E-state index contributed by atoms with van der Waals surface area (Å²) in [6, 6.07) is 6.98. The number of phenolic OH excluding ortho intramolecular Hbond substituents is 1. The van der Waals surface area contributed by atoms with Crippen molar-refractivity contribution in [1.29, 1.82) is 5.26 Å². The minimum Gasteiger partial charge on any atom is -0.507 e. The average Bonchev–Trinajstić information content (AvgIpc) is 2.88. The molecule has 0 saturated heterocycles. The molecule has 0 radical (unpaired) electrons. The first-order valence-corrected chi connectivity index (χ1v) is 6.75. The Hall–Kier alpha value is -3.01. The van der Waals surface area contributed by atoms with Crippen molar-refractivity contribution in [2.24, 2.45) is 4.99 Å². The van der Waals surface area contributed by atoms with Gasteiger partial charge in [-0.25, -0.2) is 0 Å². The van der Waals surface area contributed by atoms with E-state index < -0.39 is 0 Å². The lowest BCUT2D eigenvalue weighted by Gasteiger charge is -2.03. The van der Waals surface area contributed by atoms with Gasteiger partial charge in [0.05, 0.1) is 12.8 Å². The first-order chi connectivity index (χ1) is 10.7. The summed E-state index contributed by atoms with van der Waals surface area (Å²) in [6.45, 7) is 0.556. The molecule has 0 aliphatic heterocycles. The standard InChI is InChI=1S/C15H17N5O2/c1-22-11-4-5-14(21)10(7-11)9-18-6-2-3-13-12(8-16)15(17)20-19-13/h4-5,7,9,21H,2-3,6H2,1H3,(H3,17,19,20). The zero-order chi connectivity index (χ0) is 15.9. The Bertz CT molecular complexity index is 715. The number of aromatic nitrogens is 2. The first kappa shape index (κ1) is 15.4. The molecule has 0 fully saturated rings. The maximum absolute atomic E-state index is 9.73. The van der Waals surface area contributed by atoms with Gasteiger partial charge in [-0.05, 0) is 31.0 Å². The highest BCUT2D eigenvalue weighted by Crippen LogP contribution is 2.21. The van der Waals surface area contributed by atoms with Crippen LogP contribution in [-0.4, -0.2) is 35.2 Å². The number of aromatic amines is 1. The summed E-state index contributed by atoms with van der Waals surface area (Å²) < 4.78 is 5.10. The third-order valence-corrected chi connectivity index (χ3v) is 3.16. The van der Waals surface area contributed by atoms with E-state index in [1.807, 2.05) is 6.07 Å². The Labute approximate surface area is 128 Å². The van der Waals surface area contributed by atoms with E-state index in [-0.39, 0.29) is 11.6 Å². The van der Waals surface area contributed by atoms with E-state index in [4.69, 9.17) is 15.7 Å². The van der Waals surface area contributed by atoms with Crippen LogP contribution in [0.4, 0.5) is 5.82 Å².